The first-order valence-electron chi connectivity index (χ1n) is 7.36. The Labute approximate surface area is 132 Å². The molecule has 0 radical (unpaired) electrons. The molecule has 0 aliphatic carbocycles. The number of benzene rings is 2. The molecule has 0 saturated heterocycles. The van der Waals surface area contributed by atoms with Gasteiger partial charge in [-0.3, -0.25) is 0 Å². The van der Waals surface area contributed by atoms with Gasteiger partial charge in [0.2, 0.25) is 5.71 Å². The summed E-state index contributed by atoms with van der Waals surface area (Å²) in [5, 5.41) is 5.34. The second-order valence-electron chi connectivity index (χ2n) is 5.49. The highest BCUT2D eigenvalue weighted by Gasteiger charge is 2.12. The highest BCUT2D eigenvalue weighted by molar-refractivity contribution is 6.10. The van der Waals surface area contributed by atoms with Crippen LogP contribution in [0.2, 0.25) is 0 Å². The lowest BCUT2D eigenvalue weighted by molar-refractivity contribution is 0.654. The summed E-state index contributed by atoms with van der Waals surface area (Å²) in [7, 11) is 0. The van der Waals surface area contributed by atoms with E-state index >= 15 is 0 Å². The lowest BCUT2D eigenvalue weighted by atomic mass is 10.1. The normalized spacial score (nSPS) is 11.1. The maximum Gasteiger partial charge on any atom is 0.229 e. The molecule has 0 atom stereocenters. The molecule has 0 unspecified atom stereocenters. The van der Waals surface area contributed by atoms with E-state index < -0.39 is 0 Å². The van der Waals surface area contributed by atoms with Crippen molar-refractivity contribution < 1.29 is 4.42 Å². The Kier molecular flexibility index (Phi) is 3.05. The molecule has 23 heavy (non-hydrogen) atoms. The quantitative estimate of drug-likeness (QED) is 0.501. The van der Waals surface area contributed by atoms with Gasteiger partial charge in [0.05, 0.1) is 5.39 Å². The number of pyridine rings is 1. The van der Waals surface area contributed by atoms with Gasteiger partial charge < -0.3 is 21.2 Å². The third-order valence-electron chi connectivity index (χ3n) is 3.83. The molecule has 2 aromatic carbocycles. The molecule has 4 rings (SSSR count). The van der Waals surface area contributed by atoms with Gasteiger partial charge in [0.15, 0.2) is 0 Å². The van der Waals surface area contributed by atoms with Gasteiger partial charge in [-0.15, -0.1) is 0 Å². The Morgan fingerprint density at radius 3 is 2.74 bits per heavy atom. The van der Waals surface area contributed by atoms with Crippen LogP contribution in [0.5, 0.6) is 0 Å². The van der Waals surface area contributed by atoms with Crippen molar-refractivity contribution in [2.75, 3.05) is 16.8 Å². The second kappa shape index (κ2) is 5.21. The van der Waals surface area contributed by atoms with E-state index in [1.807, 2.05) is 48.5 Å². The molecule has 0 spiro atoms. The number of nitrogens with zero attached hydrogens (tertiary/aromatic N) is 1. The van der Waals surface area contributed by atoms with Crippen LogP contribution in [-0.4, -0.2) is 4.98 Å². The van der Waals surface area contributed by atoms with Gasteiger partial charge in [0.1, 0.15) is 5.58 Å². The lowest BCUT2D eigenvalue weighted by Gasteiger charge is -2.08. The minimum atomic E-state index is 0.600. The molecule has 0 aliphatic heterocycles. The first kappa shape index (κ1) is 13.5. The fourth-order valence-corrected chi connectivity index (χ4v) is 2.76. The van der Waals surface area contributed by atoms with Crippen LogP contribution in [0.25, 0.3) is 22.1 Å². The summed E-state index contributed by atoms with van der Waals surface area (Å²) in [5.41, 5.74) is 16.6. The molecule has 2 heterocycles. The van der Waals surface area contributed by atoms with Crippen molar-refractivity contribution in [3.05, 3.63) is 60.3 Å². The van der Waals surface area contributed by atoms with E-state index in [2.05, 4.69) is 10.3 Å². The number of nitrogens with one attached hydrogen (secondary N) is 1. The summed E-state index contributed by atoms with van der Waals surface area (Å²) in [6, 6.07) is 15.4. The zero-order chi connectivity index (χ0) is 15.8. The van der Waals surface area contributed by atoms with Crippen LogP contribution in [0.3, 0.4) is 0 Å². The molecule has 0 bridgehead atoms. The van der Waals surface area contributed by atoms with Gasteiger partial charge in [-0.1, -0.05) is 12.1 Å². The zero-order valence-electron chi connectivity index (χ0n) is 12.4. The van der Waals surface area contributed by atoms with Crippen LogP contribution in [0.1, 0.15) is 5.56 Å². The molecule has 5 N–H and O–H groups in total. The topological polar surface area (TPSA) is 90.1 Å². The average Bonchev–Trinajstić information content (AvgIpc) is 2.91. The predicted octanol–water partition coefficient (Wildman–Crippen LogP) is 3.76. The number of aromatic nitrogens is 1. The van der Waals surface area contributed by atoms with Crippen LogP contribution in [0.4, 0.5) is 17.1 Å². The molecular formula is C18H16N4O. The van der Waals surface area contributed by atoms with Crippen LogP contribution >= 0.6 is 0 Å². The minimum absolute atomic E-state index is 0.600. The zero-order valence-corrected chi connectivity index (χ0v) is 12.4. The van der Waals surface area contributed by atoms with Crippen LogP contribution in [0.15, 0.2) is 59.1 Å². The number of furan rings is 1. The Bertz CT molecular complexity index is 1010. The van der Waals surface area contributed by atoms with Gasteiger partial charge in [-0.05, 0) is 42.0 Å². The SMILES string of the molecule is Nc1cccc(CNc2ccnc3oc4ccc(N)cc4c23)c1. The summed E-state index contributed by atoms with van der Waals surface area (Å²) in [5.74, 6) is 0. The van der Waals surface area contributed by atoms with Crippen molar-refractivity contribution in [1.82, 2.24) is 4.98 Å². The van der Waals surface area contributed by atoms with E-state index in [4.69, 9.17) is 15.9 Å². The van der Waals surface area contributed by atoms with Gasteiger partial charge in [0, 0.05) is 35.2 Å². The third kappa shape index (κ3) is 2.42. The number of rotatable bonds is 3. The first-order valence-corrected chi connectivity index (χ1v) is 7.36. The molecule has 2 aromatic heterocycles. The molecule has 0 aliphatic rings. The first-order chi connectivity index (χ1) is 11.2. The van der Waals surface area contributed by atoms with Crippen molar-refractivity contribution in [1.29, 1.82) is 0 Å². The summed E-state index contributed by atoms with van der Waals surface area (Å²) in [4.78, 5) is 4.31. The highest BCUT2D eigenvalue weighted by Crippen LogP contribution is 2.34. The van der Waals surface area contributed by atoms with Gasteiger partial charge in [0.25, 0.3) is 0 Å². The molecule has 0 saturated carbocycles. The largest absolute Gasteiger partial charge is 0.438 e. The van der Waals surface area contributed by atoms with Crippen molar-refractivity contribution in [2.45, 2.75) is 6.54 Å². The van der Waals surface area contributed by atoms with Crippen molar-refractivity contribution in [3.63, 3.8) is 0 Å². The molecule has 0 amide bonds. The fraction of sp³-hybridized carbons (Fsp3) is 0.0556. The van der Waals surface area contributed by atoms with E-state index in [1.165, 1.54) is 0 Å². The van der Waals surface area contributed by atoms with Gasteiger partial charge in [-0.25, -0.2) is 4.98 Å². The van der Waals surface area contributed by atoms with Crippen molar-refractivity contribution in [3.8, 4) is 0 Å². The smallest absolute Gasteiger partial charge is 0.229 e. The summed E-state index contributed by atoms with van der Waals surface area (Å²) < 4.78 is 5.79. The van der Waals surface area contributed by atoms with Crippen LogP contribution in [0, 0.1) is 0 Å². The van der Waals surface area contributed by atoms with Gasteiger partial charge >= 0.3 is 0 Å². The Morgan fingerprint density at radius 2 is 1.87 bits per heavy atom. The lowest BCUT2D eigenvalue weighted by Crippen LogP contribution is -2.00. The molecular weight excluding hydrogens is 288 g/mol. The highest BCUT2D eigenvalue weighted by atomic mass is 16.3. The Hall–Kier alpha value is -3.21. The Balaban J connectivity index is 1.77. The summed E-state index contributed by atoms with van der Waals surface area (Å²) >= 11 is 0. The molecule has 4 aromatic rings. The van der Waals surface area contributed by atoms with E-state index in [9.17, 15) is 0 Å². The number of nitrogen functional groups attached to an aromatic ring is 2. The molecule has 5 nitrogen and oxygen atoms in total. The minimum Gasteiger partial charge on any atom is -0.438 e. The number of anilines is 3. The Morgan fingerprint density at radius 1 is 1.00 bits per heavy atom. The molecule has 114 valence electrons. The maximum absolute atomic E-state index is 5.91. The summed E-state index contributed by atoms with van der Waals surface area (Å²) in [6.07, 6.45) is 1.73. The van der Waals surface area contributed by atoms with Crippen LogP contribution < -0.4 is 16.8 Å². The fourth-order valence-electron chi connectivity index (χ4n) is 2.76. The average molecular weight is 304 g/mol. The molecule has 0 fully saturated rings. The van der Waals surface area contributed by atoms with E-state index in [1.54, 1.807) is 6.20 Å². The molecule has 5 heteroatoms. The second-order valence-corrected chi connectivity index (χ2v) is 5.49. The number of nitrogens with two attached hydrogens (primary N) is 2. The van der Waals surface area contributed by atoms with E-state index in [-0.39, 0.29) is 0 Å². The van der Waals surface area contributed by atoms with Crippen LogP contribution in [-0.2, 0) is 6.54 Å². The maximum atomic E-state index is 5.91. The third-order valence-corrected chi connectivity index (χ3v) is 3.83. The number of fused-ring (bicyclic) bond motifs is 3. The number of hydrogen-bond donors (Lipinski definition) is 3. The van der Waals surface area contributed by atoms with Crippen molar-refractivity contribution >= 4 is 39.1 Å². The van der Waals surface area contributed by atoms with Crippen molar-refractivity contribution in [2.24, 2.45) is 0 Å². The summed E-state index contributed by atoms with van der Waals surface area (Å²) in [6.45, 7) is 0.666. The predicted molar refractivity (Wildman–Crippen MR) is 94.1 cm³/mol. The van der Waals surface area contributed by atoms with Gasteiger partial charge in [-0.2, -0.15) is 0 Å². The standard InChI is InChI=1S/C18H16N4O/c19-12-3-1-2-11(8-12)10-22-15-6-7-21-18-17(15)14-9-13(20)4-5-16(14)23-18/h1-9H,10,19-20H2,(H,21,22). The number of hydrogen-bond acceptors (Lipinski definition) is 5. The monoisotopic (exact) mass is 304 g/mol. The van der Waals surface area contributed by atoms with E-state index in [0.717, 1.165) is 33.3 Å². The van der Waals surface area contributed by atoms with E-state index in [0.29, 0.717) is 17.9 Å².